The molecule has 0 aliphatic carbocycles. The lowest BCUT2D eigenvalue weighted by Gasteiger charge is -2.23. The number of likely N-dealkylation sites (N-methyl/N-ethyl adjacent to an activating group) is 1. The van der Waals surface area contributed by atoms with Gasteiger partial charge in [0.25, 0.3) is 5.91 Å². The molecule has 146 valence electrons. The van der Waals surface area contributed by atoms with E-state index in [2.05, 4.69) is 9.89 Å². The Morgan fingerprint density at radius 1 is 1.22 bits per heavy atom. The van der Waals surface area contributed by atoms with Crippen LogP contribution in [0.15, 0.2) is 22.7 Å². The van der Waals surface area contributed by atoms with Crippen LogP contribution in [0.25, 0.3) is 0 Å². The monoisotopic (exact) mass is 376 g/mol. The zero-order valence-electron chi connectivity index (χ0n) is 16.4. The van der Waals surface area contributed by atoms with Gasteiger partial charge in [-0.1, -0.05) is 5.16 Å². The topological polar surface area (TPSA) is 91.1 Å². The number of rotatable bonds is 7. The fraction of sp³-hybridized carbons (Fsp3) is 0.421. The van der Waals surface area contributed by atoms with Crippen LogP contribution in [-0.2, 0) is 16.1 Å². The lowest BCUT2D eigenvalue weighted by atomic mass is 10.1. The normalized spacial score (nSPS) is 11.6. The average molecular weight is 376 g/mol. The SMILES string of the molecule is COC(=O)[C@H](C)N(C)C(=O)c1ccc(OCc2c(C)noc2C)c(OC)c1. The van der Waals surface area contributed by atoms with Crippen molar-refractivity contribution >= 4 is 11.9 Å². The summed E-state index contributed by atoms with van der Waals surface area (Å²) >= 11 is 0. The third kappa shape index (κ3) is 4.39. The first-order valence-electron chi connectivity index (χ1n) is 8.37. The fourth-order valence-electron chi connectivity index (χ4n) is 2.49. The Balaban J connectivity index is 2.17. The van der Waals surface area contributed by atoms with Crippen molar-refractivity contribution in [1.29, 1.82) is 0 Å². The molecular formula is C19H24N2O6. The molecule has 0 fully saturated rings. The molecular weight excluding hydrogens is 352 g/mol. The summed E-state index contributed by atoms with van der Waals surface area (Å²) in [5.74, 6) is 0.766. The van der Waals surface area contributed by atoms with Crippen LogP contribution in [0.5, 0.6) is 11.5 Å². The minimum atomic E-state index is -0.705. The Morgan fingerprint density at radius 3 is 2.48 bits per heavy atom. The van der Waals surface area contributed by atoms with Gasteiger partial charge in [-0.25, -0.2) is 4.79 Å². The van der Waals surface area contributed by atoms with E-state index in [0.717, 1.165) is 11.3 Å². The highest BCUT2D eigenvalue weighted by Gasteiger charge is 2.24. The van der Waals surface area contributed by atoms with Crippen molar-refractivity contribution in [2.75, 3.05) is 21.3 Å². The van der Waals surface area contributed by atoms with E-state index < -0.39 is 12.0 Å². The van der Waals surface area contributed by atoms with Crippen LogP contribution in [0.1, 0.15) is 34.3 Å². The number of nitrogens with zero attached hydrogens (tertiary/aromatic N) is 2. The summed E-state index contributed by atoms with van der Waals surface area (Å²) in [6.07, 6.45) is 0. The number of ether oxygens (including phenoxy) is 3. The zero-order valence-corrected chi connectivity index (χ0v) is 16.4. The molecule has 1 aromatic carbocycles. The van der Waals surface area contributed by atoms with Crippen LogP contribution in [0.3, 0.4) is 0 Å². The number of carbonyl (C=O) groups is 2. The summed E-state index contributed by atoms with van der Waals surface area (Å²) in [6, 6.07) is 4.14. The number of methoxy groups -OCH3 is 2. The molecule has 8 nitrogen and oxygen atoms in total. The predicted molar refractivity (Wildman–Crippen MR) is 96.9 cm³/mol. The Hall–Kier alpha value is -3.03. The number of aromatic nitrogens is 1. The van der Waals surface area contributed by atoms with Gasteiger partial charge in [-0.05, 0) is 39.0 Å². The number of esters is 1. The predicted octanol–water partition coefficient (Wildman–Crippen LogP) is 2.51. The molecule has 0 unspecified atom stereocenters. The van der Waals surface area contributed by atoms with Crippen molar-refractivity contribution in [3.63, 3.8) is 0 Å². The Morgan fingerprint density at radius 2 is 1.93 bits per heavy atom. The quantitative estimate of drug-likeness (QED) is 0.686. The molecule has 0 saturated heterocycles. The summed E-state index contributed by atoms with van der Waals surface area (Å²) in [5.41, 5.74) is 2.00. The smallest absolute Gasteiger partial charge is 0.328 e. The van der Waals surface area contributed by atoms with E-state index in [1.54, 1.807) is 25.1 Å². The van der Waals surface area contributed by atoms with Crippen molar-refractivity contribution in [3.8, 4) is 11.5 Å². The largest absolute Gasteiger partial charge is 0.493 e. The molecule has 1 aromatic heterocycles. The van der Waals surface area contributed by atoms with Gasteiger partial charge >= 0.3 is 5.97 Å². The number of aryl methyl sites for hydroxylation is 2. The highest BCUT2D eigenvalue weighted by Crippen LogP contribution is 2.30. The number of carbonyl (C=O) groups excluding carboxylic acids is 2. The minimum Gasteiger partial charge on any atom is -0.493 e. The van der Waals surface area contributed by atoms with E-state index >= 15 is 0 Å². The van der Waals surface area contributed by atoms with Crippen molar-refractivity contribution in [1.82, 2.24) is 10.1 Å². The van der Waals surface area contributed by atoms with Crippen LogP contribution >= 0.6 is 0 Å². The number of amides is 1. The fourth-order valence-corrected chi connectivity index (χ4v) is 2.49. The average Bonchev–Trinajstić information content (AvgIpc) is 3.01. The second-order valence-corrected chi connectivity index (χ2v) is 6.07. The molecule has 2 rings (SSSR count). The van der Waals surface area contributed by atoms with Crippen LogP contribution < -0.4 is 9.47 Å². The van der Waals surface area contributed by atoms with Crippen molar-refractivity contribution in [3.05, 3.63) is 40.8 Å². The van der Waals surface area contributed by atoms with Crippen LogP contribution in [-0.4, -0.2) is 49.2 Å². The maximum atomic E-state index is 12.6. The minimum absolute atomic E-state index is 0.268. The number of hydrogen-bond donors (Lipinski definition) is 0. The molecule has 0 spiro atoms. The van der Waals surface area contributed by atoms with E-state index in [1.165, 1.54) is 26.2 Å². The zero-order chi connectivity index (χ0) is 20.1. The standard InChI is InChI=1S/C19H24N2O6/c1-11-15(13(3)27-20-11)10-26-16-8-7-14(9-17(16)24-5)18(22)21(4)12(2)19(23)25-6/h7-9,12H,10H2,1-6H3/t12-/m0/s1. The van der Waals surface area contributed by atoms with Gasteiger partial charge in [-0.2, -0.15) is 0 Å². The first kappa shape index (κ1) is 20.3. The Kier molecular flexibility index (Phi) is 6.44. The molecule has 1 atom stereocenters. The highest BCUT2D eigenvalue weighted by atomic mass is 16.5. The van der Waals surface area contributed by atoms with Crippen molar-refractivity contribution < 1.29 is 28.3 Å². The van der Waals surface area contributed by atoms with Gasteiger partial charge < -0.3 is 23.6 Å². The maximum Gasteiger partial charge on any atom is 0.328 e. The first-order valence-corrected chi connectivity index (χ1v) is 8.37. The molecule has 0 aliphatic rings. The van der Waals surface area contributed by atoms with Gasteiger partial charge in [0.15, 0.2) is 11.5 Å². The van der Waals surface area contributed by atoms with Crippen molar-refractivity contribution in [2.45, 2.75) is 33.4 Å². The van der Waals surface area contributed by atoms with Gasteiger partial charge in [0.05, 0.1) is 25.5 Å². The first-order chi connectivity index (χ1) is 12.8. The molecule has 0 radical (unpaired) electrons. The molecule has 8 heteroatoms. The molecule has 1 amide bonds. The van der Waals surface area contributed by atoms with E-state index in [9.17, 15) is 9.59 Å². The number of hydrogen-bond acceptors (Lipinski definition) is 7. The van der Waals surface area contributed by atoms with Crippen LogP contribution in [0, 0.1) is 13.8 Å². The Labute approximate surface area is 158 Å². The van der Waals surface area contributed by atoms with Gasteiger partial charge in [-0.3, -0.25) is 4.79 Å². The lowest BCUT2D eigenvalue weighted by molar-refractivity contribution is -0.144. The highest BCUT2D eigenvalue weighted by molar-refractivity contribution is 5.97. The van der Waals surface area contributed by atoms with Crippen molar-refractivity contribution in [2.24, 2.45) is 0 Å². The van der Waals surface area contributed by atoms with E-state index in [-0.39, 0.29) is 12.5 Å². The molecule has 0 aliphatic heterocycles. The molecule has 2 aromatic rings. The van der Waals surface area contributed by atoms with E-state index in [1.807, 2.05) is 13.8 Å². The van der Waals surface area contributed by atoms with Gasteiger partial charge in [0.2, 0.25) is 0 Å². The molecule has 0 N–H and O–H groups in total. The summed E-state index contributed by atoms with van der Waals surface area (Å²) in [5, 5.41) is 3.89. The third-order valence-corrected chi connectivity index (χ3v) is 4.41. The third-order valence-electron chi connectivity index (χ3n) is 4.41. The maximum absolute atomic E-state index is 12.6. The van der Waals surface area contributed by atoms with Gasteiger partial charge in [0, 0.05) is 12.6 Å². The summed E-state index contributed by atoms with van der Waals surface area (Å²) in [7, 11) is 4.32. The Bertz CT molecular complexity index is 810. The molecule has 1 heterocycles. The molecule has 0 bridgehead atoms. The summed E-state index contributed by atoms with van der Waals surface area (Å²) in [4.78, 5) is 25.6. The van der Waals surface area contributed by atoms with Crippen LogP contribution in [0.4, 0.5) is 0 Å². The molecule has 27 heavy (non-hydrogen) atoms. The summed E-state index contributed by atoms with van der Waals surface area (Å²) < 4.78 is 21.0. The second-order valence-electron chi connectivity index (χ2n) is 6.07. The molecule has 0 saturated carbocycles. The summed E-state index contributed by atoms with van der Waals surface area (Å²) in [6.45, 7) is 5.52. The number of benzene rings is 1. The lowest BCUT2D eigenvalue weighted by Crippen LogP contribution is -2.40. The van der Waals surface area contributed by atoms with E-state index in [4.69, 9.17) is 14.0 Å². The van der Waals surface area contributed by atoms with Crippen LogP contribution in [0.2, 0.25) is 0 Å². The van der Waals surface area contributed by atoms with Gasteiger partial charge in [-0.15, -0.1) is 0 Å². The van der Waals surface area contributed by atoms with E-state index in [0.29, 0.717) is 22.8 Å². The van der Waals surface area contributed by atoms with Gasteiger partial charge in [0.1, 0.15) is 18.4 Å². The second kappa shape index (κ2) is 8.57.